The molecule has 0 aliphatic rings. The van der Waals surface area contributed by atoms with Crippen LogP contribution in [0.25, 0.3) is 0 Å². The lowest BCUT2D eigenvalue weighted by molar-refractivity contribution is -0.144. The van der Waals surface area contributed by atoms with E-state index in [-0.39, 0.29) is 11.8 Å². The lowest BCUT2D eigenvalue weighted by atomic mass is 10.1. The highest BCUT2D eigenvalue weighted by atomic mass is 35.5. The maximum atomic E-state index is 11.8. The Morgan fingerprint density at radius 2 is 1.73 bits per heavy atom. The smallest absolute Gasteiger partial charge is 0.349 e. The Bertz CT molecular complexity index is 216. The van der Waals surface area contributed by atoms with Crippen LogP contribution in [0.5, 0.6) is 0 Å². The second-order valence-electron chi connectivity index (χ2n) is 3.49. The number of rotatable bonds is 5. The predicted octanol–water partition coefficient (Wildman–Crippen LogP) is 2.68. The SMILES string of the molecule is CC(CCl)(CCl)NC(=O)CCC(F)(F)F. The fourth-order valence-electron chi connectivity index (χ4n) is 0.757. The third-order valence-corrected chi connectivity index (χ3v) is 2.85. The van der Waals surface area contributed by atoms with Gasteiger partial charge in [0.05, 0.1) is 12.0 Å². The number of alkyl halides is 5. The highest BCUT2D eigenvalue weighted by Gasteiger charge is 2.30. The summed E-state index contributed by atoms with van der Waals surface area (Å²) in [4.78, 5) is 11.1. The summed E-state index contributed by atoms with van der Waals surface area (Å²) in [5.41, 5.74) is -0.855. The standard InChI is InChI=1S/C8H12Cl2F3NO/c1-7(4-9,5-10)14-6(15)2-3-8(11,12)13/h2-5H2,1H3,(H,14,15). The molecule has 0 atom stereocenters. The topological polar surface area (TPSA) is 29.1 Å². The average Bonchev–Trinajstić information content (AvgIpc) is 2.13. The highest BCUT2D eigenvalue weighted by molar-refractivity contribution is 6.22. The van der Waals surface area contributed by atoms with Crippen LogP contribution in [-0.4, -0.2) is 29.4 Å². The molecule has 0 heterocycles. The van der Waals surface area contributed by atoms with E-state index in [2.05, 4.69) is 5.32 Å². The molecular weight excluding hydrogens is 254 g/mol. The number of carbonyl (C=O) groups excluding carboxylic acids is 1. The molecule has 0 fully saturated rings. The van der Waals surface area contributed by atoms with Crippen LogP contribution in [0.2, 0.25) is 0 Å². The first-order valence-corrected chi connectivity index (χ1v) is 5.29. The zero-order chi connectivity index (χ0) is 12.1. The number of amides is 1. The third kappa shape index (κ3) is 6.84. The second kappa shape index (κ2) is 5.80. The van der Waals surface area contributed by atoms with Gasteiger partial charge in [-0.25, -0.2) is 0 Å². The minimum Gasteiger partial charge on any atom is -0.349 e. The van der Waals surface area contributed by atoms with Crippen LogP contribution < -0.4 is 5.32 Å². The Labute approximate surface area is 96.1 Å². The molecule has 0 radical (unpaired) electrons. The molecule has 0 aromatic rings. The van der Waals surface area contributed by atoms with Crippen LogP contribution in [0, 0.1) is 0 Å². The number of hydrogen-bond donors (Lipinski definition) is 1. The van der Waals surface area contributed by atoms with E-state index in [0.717, 1.165) is 0 Å². The minimum absolute atomic E-state index is 0.0499. The van der Waals surface area contributed by atoms with Crippen LogP contribution in [0.15, 0.2) is 0 Å². The summed E-state index contributed by atoms with van der Waals surface area (Å²) in [7, 11) is 0. The maximum absolute atomic E-state index is 11.8. The van der Waals surface area contributed by atoms with Crippen molar-refractivity contribution in [2.75, 3.05) is 11.8 Å². The number of carbonyl (C=O) groups is 1. The van der Waals surface area contributed by atoms with Crippen LogP contribution in [0.1, 0.15) is 19.8 Å². The number of hydrogen-bond acceptors (Lipinski definition) is 1. The summed E-state index contributed by atoms with van der Waals surface area (Å²) in [6, 6.07) is 0. The van der Waals surface area contributed by atoms with E-state index in [1.165, 1.54) is 0 Å². The van der Waals surface area contributed by atoms with Crippen LogP contribution in [0.3, 0.4) is 0 Å². The van der Waals surface area contributed by atoms with Gasteiger partial charge >= 0.3 is 6.18 Å². The molecule has 0 aromatic carbocycles. The molecule has 0 aromatic heterocycles. The molecule has 0 bridgehead atoms. The van der Waals surface area contributed by atoms with Crippen molar-refractivity contribution < 1.29 is 18.0 Å². The van der Waals surface area contributed by atoms with Crippen LogP contribution in [-0.2, 0) is 4.79 Å². The number of nitrogens with one attached hydrogen (secondary N) is 1. The lowest BCUT2D eigenvalue weighted by Crippen LogP contribution is -2.49. The zero-order valence-corrected chi connectivity index (χ0v) is 9.64. The largest absolute Gasteiger partial charge is 0.389 e. The predicted molar refractivity (Wildman–Crippen MR) is 53.3 cm³/mol. The molecule has 0 spiro atoms. The van der Waals surface area contributed by atoms with E-state index in [1.54, 1.807) is 6.92 Å². The van der Waals surface area contributed by atoms with E-state index in [9.17, 15) is 18.0 Å². The van der Waals surface area contributed by atoms with Crippen LogP contribution >= 0.6 is 23.2 Å². The molecule has 0 rings (SSSR count). The Morgan fingerprint density at radius 3 is 2.07 bits per heavy atom. The first-order chi connectivity index (χ1) is 6.72. The molecule has 1 amide bonds. The molecule has 0 aliphatic heterocycles. The normalized spacial score (nSPS) is 12.7. The van der Waals surface area contributed by atoms with Gasteiger partial charge in [-0.2, -0.15) is 13.2 Å². The lowest BCUT2D eigenvalue weighted by Gasteiger charge is -2.25. The van der Waals surface area contributed by atoms with Gasteiger partial charge in [0, 0.05) is 18.2 Å². The summed E-state index contributed by atoms with van der Waals surface area (Å²) in [5, 5.41) is 2.36. The van der Waals surface area contributed by atoms with Gasteiger partial charge in [0.15, 0.2) is 0 Å². The molecule has 0 aliphatic carbocycles. The molecule has 7 heteroatoms. The quantitative estimate of drug-likeness (QED) is 0.761. The van der Waals surface area contributed by atoms with E-state index < -0.39 is 30.5 Å². The Kier molecular flexibility index (Phi) is 5.73. The first kappa shape index (κ1) is 14.8. The molecule has 15 heavy (non-hydrogen) atoms. The van der Waals surface area contributed by atoms with Crippen molar-refractivity contribution in [3.05, 3.63) is 0 Å². The van der Waals surface area contributed by atoms with Gasteiger partial charge < -0.3 is 5.32 Å². The van der Waals surface area contributed by atoms with Crippen LogP contribution in [0.4, 0.5) is 13.2 Å². The van der Waals surface area contributed by atoms with E-state index in [1.807, 2.05) is 0 Å². The Balaban J connectivity index is 4.04. The Hall–Kier alpha value is -0.160. The molecule has 0 unspecified atom stereocenters. The maximum Gasteiger partial charge on any atom is 0.389 e. The van der Waals surface area contributed by atoms with Crippen molar-refractivity contribution in [1.82, 2.24) is 5.32 Å². The van der Waals surface area contributed by atoms with E-state index in [0.29, 0.717) is 0 Å². The fraction of sp³-hybridized carbons (Fsp3) is 0.875. The minimum atomic E-state index is -4.32. The van der Waals surface area contributed by atoms with Gasteiger partial charge in [0.1, 0.15) is 0 Å². The van der Waals surface area contributed by atoms with Gasteiger partial charge in [0.25, 0.3) is 0 Å². The van der Waals surface area contributed by atoms with Gasteiger partial charge in [-0.15, -0.1) is 23.2 Å². The van der Waals surface area contributed by atoms with Crippen molar-refractivity contribution in [2.24, 2.45) is 0 Å². The molecule has 0 saturated carbocycles. The number of halogens is 5. The van der Waals surface area contributed by atoms with Gasteiger partial charge in [-0.1, -0.05) is 0 Å². The van der Waals surface area contributed by atoms with E-state index >= 15 is 0 Å². The summed E-state index contributed by atoms with van der Waals surface area (Å²) >= 11 is 11.0. The summed E-state index contributed by atoms with van der Waals surface area (Å²) in [5.74, 6) is -0.598. The molecule has 90 valence electrons. The van der Waals surface area contributed by atoms with Crippen molar-refractivity contribution >= 4 is 29.1 Å². The summed E-state index contributed by atoms with van der Waals surface area (Å²) < 4.78 is 35.3. The monoisotopic (exact) mass is 265 g/mol. The Morgan fingerprint density at radius 1 is 1.27 bits per heavy atom. The van der Waals surface area contributed by atoms with Crippen molar-refractivity contribution in [3.8, 4) is 0 Å². The molecule has 2 nitrogen and oxygen atoms in total. The molecule has 0 saturated heterocycles. The average molecular weight is 266 g/mol. The van der Waals surface area contributed by atoms with Gasteiger partial charge in [-0.3, -0.25) is 4.79 Å². The second-order valence-corrected chi connectivity index (χ2v) is 4.03. The third-order valence-electron chi connectivity index (χ3n) is 1.67. The van der Waals surface area contributed by atoms with E-state index in [4.69, 9.17) is 23.2 Å². The molecule has 1 N–H and O–H groups in total. The summed E-state index contributed by atoms with van der Waals surface area (Å²) in [6.45, 7) is 1.57. The van der Waals surface area contributed by atoms with Crippen molar-refractivity contribution in [2.45, 2.75) is 31.5 Å². The highest BCUT2D eigenvalue weighted by Crippen LogP contribution is 2.21. The fourth-order valence-corrected chi connectivity index (χ4v) is 1.18. The van der Waals surface area contributed by atoms with Gasteiger partial charge in [0.2, 0.25) is 5.91 Å². The summed E-state index contributed by atoms with van der Waals surface area (Å²) in [6.07, 6.45) is -6.07. The van der Waals surface area contributed by atoms with Crippen molar-refractivity contribution in [1.29, 1.82) is 0 Å². The molecular formula is C8H12Cl2F3NO. The van der Waals surface area contributed by atoms with Crippen molar-refractivity contribution in [3.63, 3.8) is 0 Å². The van der Waals surface area contributed by atoms with Gasteiger partial charge in [-0.05, 0) is 6.92 Å². The zero-order valence-electron chi connectivity index (χ0n) is 8.13. The first-order valence-electron chi connectivity index (χ1n) is 4.22.